The number of nitrogens with one attached hydrogen (secondary N) is 1. The average Bonchev–Trinajstić information content (AvgIpc) is 3.33. The molecule has 0 spiro atoms. The highest BCUT2D eigenvalue weighted by Gasteiger charge is 2.53. The molecule has 2 aliphatic heterocycles. The molecule has 0 aromatic heterocycles. The van der Waals surface area contributed by atoms with Crippen LogP contribution in [0.15, 0.2) is 126 Å². The summed E-state index contributed by atoms with van der Waals surface area (Å²) in [5, 5.41) is 17.9. The van der Waals surface area contributed by atoms with Crippen LogP contribution in [0.4, 0.5) is 4.79 Å². The standard InChI is InChI=1S/C49H60N4O11/c1-3-39-34(2)42(58-31-35-20-10-6-11-21-35)41(52-53-50)47(61-39)64-43-40(30-54)62-48(57-29-19-5-4-18-28-51-49(56)60-33-37-24-14-8-15-25-37)45(63-46(55)38-26-16-9-17-27-38)44(43)59-32-36-22-12-7-13-23-36/h6-17,20-27,34,39-45,47-48,54H,3-5,18-19,28-33H2,1-2H3,(H,51,56). The first-order chi connectivity index (χ1) is 31.4. The SMILES string of the molecule is CCC1OC(OC2C(CO)OC(OCCCCCCNC(=O)OCc3ccccc3)C(OC(=O)c3ccccc3)C2OCc2ccccc2)C(N=[N+]=[N-])C(OCc2ccccc2)C1C. The van der Waals surface area contributed by atoms with E-state index in [4.69, 9.17) is 37.9 Å². The summed E-state index contributed by atoms with van der Waals surface area (Å²) in [4.78, 5) is 29.2. The molecule has 10 unspecified atom stereocenters. The number of aliphatic hydroxyl groups is 1. The highest BCUT2D eigenvalue weighted by atomic mass is 16.7. The number of azide groups is 1. The third kappa shape index (κ3) is 14.1. The molecule has 10 atom stereocenters. The second-order valence-corrected chi connectivity index (χ2v) is 15.9. The Bertz CT molecular complexity index is 2010. The number of aliphatic hydroxyl groups excluding tert-OH is 1. The first-order valence-corrected chi connectivity index (χ1v) is 22.1. The maximum Gasteiger partial charge on any atom is 0.407 e. The molecular weight excluding hydrogens is 821 g/mol. The van der Waals surface area contributed by atoms with Crippen molar-refractivity contribution >= 4 is 12.1 Å². The molecule has 4 aromatic carbocycles. The van der Waals surface area contributed by atoms with Crippen molar-refractivity contribution in [3.8, 4) is 0 Å². The van der Waals surface area contributed by atoms with Crippen LogP contribution in [0.25, 0.3) is 10.4 Å². The lowest BCUT2D eigenvalue weighted by molar-refractivity contribution is -0.348. The van der Waals surface area contributed by atoms with E-state index < -0.39 is 67.8 Å². The molecule has 0 saturated carbocycles. The molecule has 6 rings (SSSR count). The second-order valence-electron chi connectivity index (χ2n) is 15.9. The van der Waals surface area contributed by atoms with Crippen LogP contribution < -0.4 is 5.32 Å². The van der Waals surface area contributed by atoms with Crippen LogP contribution in [-0.4, -0.2) is 92.2 Å². The van der Waals surface area contributed by atoms with Crippen molar-refractivity contribution in [1.29, 1.82) is 0 Å². The van der Waals surface area contributed by atoms with Gasteiger partial charge in [0, 0.05) is 24.0 Å². The minimum Gasteiger partial charge on any atom is -0.450 e. The molecule has 15 heteroatoms. The Labute approximate surface area is 374 Å². The van der Waals surface area contributed by atoms with Gasteiger partial charge in [0.05, 0.1) is 37.6 Å². The molecule has 0 aliphatic carbocycles. The van der Waals surface area contributed by atoms with Crippen LogP contribution in [0.5, 0.6) is 0 Å². The lowest BCUT2D eigenvalue weighted by Gasteiger charge is -2.49. The molecule has 2 fully saturated rings. The second kappa shape index (κ2) is 25.8. The van der Waals surface area contributed by atoms with Crippen LogP contribution >= 0.6 is 0 Å². The fourth-order valence-corrected chi connectivity index (χ4v) is 7.90. The number of unbranched alkanes of at least 4 members (excludes halogenated alkanes) is 3. The number of nitrogens with zero attached hydrogens (tertiary/aromatic N) is 3. The zero-order valence-electron chi connectivity index (χ0n) is 36.5. The Hall–Kier alpha value is -5.35. The van der Waals surface area contributed by atoms with Crippen LogP contribution in [0, 0.1) is 5.92 Å². The van der Waals surface area contributed by atoms with Crippen molar-refractivity contribution in [2.75, 3.05) is 19.8 Å². The lowest BCUT2D eigenvalue weighted by atomic mass is 9.87. The maximum absolute atomic E-state index is 13.8. The summed E-state index contributed by atoms with van der Waals surface area (Å²) in [6.07, 6.45) is -4.64. The van der Waals surface area contributed by atoms with E-state index in [1.165, 1.54) is 0 Å². The van der Waals surface area contributed by atoms with Crippen LogP contribution in [0.3, 0.4) is 0 Å². The first-order valence-electron chi connectivity index (χ1n) is 22.1. The monoisotopic (exact) mass is 880 g/mol. The first kappa shape index (κ1) is 48.1. The number of benzene rings is 4. The highest BCUT2D eigenvalue weighted by molar-refractivity contribution is 5.89. The number of esters is 1. The summed E-state index contributed by atoms with van der Waals surface area (Å²) in [5.41, 5.74) is 12.9. The fraction of sp³-hybridized carbons (Fsp3) is 0.469. The van der Waals surface area contributed by atoms with Gasteiger partial charge in [0.1, 0.15) is 31.0 Å². The van der Waals surface area contributed by atoms with Crippen LogP contribution in [0.2, 0.25) is 0 Å². The molecule has 0 bridgehead atoms. The molecule has 2 N–H and O–H groups in total. The van der Waals surface area contributed by atoms with Crippen molar-refractivity contribution in [1.82, 2.24) is 5.32 Å². The van der Waals surface area contributed by atoms with E-state index in [1.54, 1.807) is 30.3 Å². The number of amides is 1. The molecule has 15 nitrogen and oxygen atoms in total. The Morgan fingerprint density at radius 2 is 1.25 bits per heavy atom. The van der Waals surface area contributed by atoms with Crippen LogP contribution in [0.1, 0.15) is 73.0 Å². The van der Waals surface area contributed by atoms with E-state index in [2.05, 4.69) is 15.3 Å². The quantitative estimate of drug-likeness (QED) is 0.0239. The Morgan fingerprint density at radius 3 is 1.84 bits per heavy atom. The summed E-state index contributed by atoms with van der Waals surface area (Å²) < 4.78 is 50.8. The van der Waals surface area contributed by atoms with Gasteiger partial charge >= 0.3 is 12.1 Å². The van der Waals surface area contributed by atoms with E-state index in [1.807, 2.05) is 105 Å². The molecular formula is C49H60N4O11. The number of carbonyl (C=O) groups excluding carboxylic acids is 2. The van der Waals surface area contributed by atoms with Gasteiger partial charge in [0.25, 0.3) is 0 Å². The van der Waals surface area contributed by atoms with Gasteiger partial charge in [0.2, 0.25) is 0 Å². The average molecular weight is 881 g/mol. The third-order valence-electron chi connectivity index (χ3n) is 11.3. The Balaban J connectivity index is 1.18. The zero-order chi connectivity index (χ0) is 44.9. The summed E-state index contributed by atoms with van der Waals surface area (Å²) in [7, 11) is 0. The van der Waals surface area contributed by atoms with E-state index in [0.717, 1.165) is 36.0 Å². The summed E-state index contributed by atoms with van der Waals surface area (Å²) in [5.74, 6) is -0.817. The highest BCUT2D eigenvalue weighted by Crippen LogP contribution is 2.37. The minimum atomic E-state index is -1.19. The predicted octanol–water partition coefficient (Wildman–Crippen LogP) is 8.44. The predicted molar refractivity (Wildman–Crippen MR) is 236 cm³/mol. The summed E-state index contributed by atoms with van der Waals surface area (Å²) in [6, 6.07) is 36.3. The van der Waals surface area contributed by atoms with Crippen LogP contribution in [-0.2, 0) is 57.7 Å². The van der Waals surface area contributed by atoms with Gasteiger partial charge < -0.3 is 48.3 Å². The van der Waals surface area contributed by atoms with Crippen molar-refractivity contribution in [3.63, 3.8) is 0 Å². The molecule has 2 saturated heterocycles. The third-order valence-corrected chi connectivity index (χ3v) is 11.3. The molecule has 1 amide bonds. The largest absolute Gasteiger partial charge is 0.450 e. The fourth-order valence-electron chi connectivity index (χ4n) is 7.90. The molecule has 4 aromatic rings. The topological polar surface area (TPSA) is 189 Å². The van der Waals surface area contributed by atoms with E-state index in [0.29, 0.717) is 24.9 Å². The number of ether oxygens (including phenoxy) is 8. The van der Waals surface area contributed by atoms with Gasteiger partial charge in [-0.2, -0.15) is 0 Å². The minimum absolute atomic E-state index is 0.0895. The van der Waals surface area contributed by atoms with Crippen molar-refractivity contribution in [3.05, 3.63) is 154 Å². The molecule has 64 heavy (non-hydrogen) atoms. The Morgan fingerprint density at radius 1 is 0.688 bits per heavy atom. The molecule has 342 valence electrons. The van der Waals surface area contributed by atoms with E-state index in [-0.39, 0.29) is 38.4 Å². The van der Waals surface area contributed by atoms with Crippen molar-refractivity contribution < 1.29 is 52.6 Å². The number of rotatable bonds is 23. The number of carbonyl (C=O) groups is 2. The summed E-state index contributed by atoms with van der Waals surface area (Å²) in [6.45, 7) is 4.71. The van der Waals surface area contributed by atoms with Gasteiger partial charge in [-0.3, -0.25) is 0 Å². The van der Waals surface area contributed by atoms with E-state index >= 15 is 0 Å². The van der Waals surface area contributed by atoms with Crippen molar-refractivity contribution in [2.24, 2.45) is 11.0 Å². The molecule has 0 radical (unpaired) electrons. The molecule has 2 aliphatic rings. The summed E-state index contributed by atoms with van der Waals surface area (Å²) >= 11 is 0. The maximum atomic E-state index is 13.8. The Kier molecular flexibility index (Phi) is 19.4. The van der Waals surface area contributed by atoms with Gasteiger partial charge in [-0.25, -0.2) is 9.59 Å². The number of alkyl carbamates (subject to hydrolysis) is 1. The zero-order valence-corrected chi connectivity index (χ0v) is 36.5. The van der Waals surface area contributed by atoms with Crippen molar-refractivity contribution in [2.45, 2.75) is 121 Å². The van der Waals surface area contributed by atoms with Gasteiger partial charge in [-0.15, -0.1) is 0 Å². The van der Waals surface area contributed by atoms with Gasteiger partial charge in [0.15, 0.2) is 18.7 Å². The smallest absolute Gasteiger partial charge is 0.407 e. The van der Waals surface area contributed by atoms with Gasteiger partial charge in [-0.05, 0) is 53.6 Å². The number of hydrogen-bond donors (Lipinski definition) is 2. The lowest BCUT2D eigenvalue weighted by Crippen LogP contribution is -2.64. The normalized spacial score (nSPS) is 25.4. The van der Waals surface area contributed by atoms with Gasteiger partial charge in [-0.1, -0.05) is 141 Å². The van der Waals surface area contributed by atoms with E-state index in [9.17, 15) is 20.2 Å². The molecule has 2 heterocycles. The number of hydrogen-bond acceptors (Lipinski definition) is 12.